The van der Waals surface area contributed by atoms with Crippen LogP contribution in [0.2, 0.25) is 0 Å². The zero-order chi connectivity index (χ0) is 20.3. The Hall–Kier alpha value is -1.35. The molecule has 0 radical (unpaired) electrons. The van der Waals surface area contributed by atoms with Gasteiger partial charge in [0.25, 0.3) is 0 Å². The Kier molecular flexibility index (Phi) is 34.7. The van der Waals surface area contributed by atoms with Crippen molar-refractivity contribution in [2.75, 3.05) is 14.2 Å². The van der Waals surface area contributed by atoms with Gasteiger partial charge in [0.2, 0.25) is 0 Å². The van der Waals surface area contributed by atoms with Crippen LogP contribution in [0, 0.1) is 0 Å². The summed E-state index contributed by atoms with van der Waals surface area (Å²) in [5.74, 6) is -1.79. The molecule has 0 aliphatic heterocycles. The standard InChI is InChI=1S/2C5H8O3.2C3H7O.Ti/c2*1-4(6)3-5(7)8-2;2*1-3(2)4;/h2*3,6H,1-2H3;2*3H,1-2H3;/q;;2*-1;+4/p-2/b4-3+;4-3-;;;. The second-order valence-corrected chi connectivity index (χ2v) is 4.65. The molecule has 0 heterocycles. The third kappa shape index (κ3) is 85.1. The predicted molar refractivity (Wildman–Crippen MR) is 81.8 cm³/mol. The van der Waals surface area contributed by atoms with Crippen LogP contribution in [0.3, 0.4) is 0 Å². The quantitative estimate of drug-likeness (QED) is 0.234. The van der Waals surface area contributed by atoms with E-state index in [4.69, 9.17) is 0 Å². The molecular weight excluding hydrogens is 368 g/mol. The first-order valence-electron chi connectivity index (χ1n) is 6.98. The summed E-state index contributed by atoms with van der Waals surface area (Å²) in [6.45, 7) is 9.02. The molecule has 0 saturated heterocycles. The molecule has 0 fully saturated rings. The van der Waals surface area contributed by atoms with Gasteiger partial charge in [0.1, 0.15) is 0 Å². The molecule has 0 N–H and O–H groups in total. The number of hydrogen-bond donors (Lipinski definition) is 0. The van der Waals surface area contributed by atoms with Gasteiger partial charge >= 0.3 is 33.7 Å². The average molecular weight is 396 g/mol. The maximum absolute atomic E-state index is 10.1. The fraction of sp³-hybridized carbons (Fsp3) is 0.625. The molecule has 25 heavy (non-hydrogen) atoms. The minimum Gasteiger partial charge on any atom is -0.875 e. The summed E-state index contributed by atoms with van der Waals surface area (Å²) >= 11 is 0. The Morgan fingerprint density at radius 3 is 0.960 bits per heavy atom. The van der Waals surface area contributed by atoms with Gasteiger partial charge < -0.3 is 29.9 Å². The average Bonchev–Trinajstić information content (AvgIpc) is 2.36. The smallest absolute Gasteiger partial charge is 0.875 e. The minimum absolute atomic E-state index is 0. The molecule has 0 atom stereocenters. The SMILES string of the molecule is CC(C)[O-].CC(C)[O-].COC(=O)/C=C(/C)[O-].COC(=O)/C=C(\C)[O-].[Ti+4]. The van der Waals surface area contributed by atoms with Gasteiger partial charge in [-0.1, -0.05) is 41.5 Å². The Morgan fingerprint density at radius 2 is 0.920 bits per heavy atom. The number of carbonyl (C=O) groups excluding carboxylic acids is 2. The molecule has 0 aromatic carbocycles. The minimum atomic E-state index is -0.600. The van der Waals surface area contributed by atoms with Crippen molar-refractivity contribution in [3.63, 3.8) is 0 Å². The van der Waals surface area contributed by atoms with Crippen LogP contribution in [0.25, 0.3) is 0 Å². The fourth-order valence-electron chi connectivity index (χ4n) is 0.450. The van der Waals surface area contributed by atoms with Crippen molar-refractivity contribution in [1.82, 2.24) is 0 Å². The number of hydrogen-bond acceptors (Lipinski definition) is 8. The molecule has 0 aromatic rings. The van der Waals surface area contributed by atoms with Gasteiger partial charge in [0.15, 0.2) is 0 Å². The molecule has 0 aliphatic rings. The van der Waals surface area contributed by atoms with E-state index in [9.17, 15) is 30.0 Å². The molecule has 0 unspecified atom stereocenters. The topological polar surface area (TPSA) is 145 Å². The predicted octanol–water partition coefficient (Wildman–Crippen LogP) is -1.65. The summed E-state index contributed by atoms with van der Waals surface area (Å²) in [7, 11) is 2.45. The number of allylic oxidation sites excluding steroid dienone is 2. The summed E-state index contributed by atoms with van der Waals surface area (Å²) in [4.78, 5) is 20.2. The van der Waals surface area contributed by atoms with Gasteiger partial charge in [-0.25, -0.2) is 9.59 Å². The normalized spacial score (nSPS) is 9.92. The van der Waals surface area contributed by atoms with E-state index in [-0.39, 0.29) is 33.2 Å². The number of rotatable bonds is 2. The zero-order valence-corrected chi connectivity index (χ0v) is 17.6. The Bertz CT molecular complexity index is 327. The van der Waals surface area contributed by atoms with Crippen molar-refractivity contribution >= 4 is 11.9 Å². The summed E-state index contributed by atoms with van der Waals surface area (Å²) < 4.78 is 8.29. The maximum atomic E-state index is 10.1. The van der Waals surface area contributed by atoms with Crippen LogP contribution in [-0.2, 0) is 40.8 Å². The van der Waals surface area contributed by atoms with Gasteiger partial charge in [0.05, 0.1) is 14.2 Å². The van der Waals surface area contributed by atoms with E-state index in [0.717, 1.165) is 12.2 Å². The van der Waals surface area contributed by atoms with Crippen LogP contribution in [0.4, 0.5) is 0 Å². The van der Waals surface area contributed by atoms with Crippen molar-refractivity contribution < 1.29 is 61.2 Å². The molecule has 0 bridgehead atoms. The number of methoxy groups -OCH3 is 2. The summed E-state index contributed by atoms with van der Waals surface area (Å²) in [6.07, 6.45) is 0.944. The first-order valence-corrected chi connectivity index (χ1v) is 6.98. The van der Waals surface area contributed by atoms with E-state index in [0.29, 0.717) is 0 Å². The van der Waals surface area contributed by atoms with E-state index in [1.165, 1.54) is 28.1 Å². The number of ether oxygens (including phenoxy) is 2. The Morgan fingerprint density at radius 1 is 0.760 bits per heavy atom. The van der Waals surface area contributed by atoms with Crippen molar-refractivity contribution in [3.05, 3.63) is 23.7 Å². The molecule has 0 aromatic heterocycles. The van der Waals surface area contributed by atoms with Gasteiger partial charge in [-0.15, -0.1) is 23.7 Å². The van der Waals surface area contributed by atoms with Crippen LogP contribution in [-0.4, -0.2) is 38.4 Å². The second kappa shape index (κ2) is 24.9. The largest absolute Gasteiger partial charge is 4.00 e. The molecular formula is C16H28O8Ti. The third-order valence-electron chi connectivity index (χ3n) is 1.04. The Balaban J connectivity index is -0.0000000739. The maximum Gasteiger partial charge on any atom is 4.00 e. The first-order chi connectivity index (χ1) is 10.8. The molecule has 0 saturated carbocycles. The van der Waals surface area contributed by atoms with Crippen molar-refractivity contribution in [2.45, 2.75) is 53.8 Å². The van der Waals surface area contributed by atoms with Crippen LogP contribution in [0.5, 0.6) is 0 Å². The summed E-state index contributed by atoms with van der Waals surface area (Å²) in [6, 6.07) is 0. The van der Waals surface area contributed by atoms with Crippen molar-refractivity contribution in [3.8, 4) is 0 Å². The van der Waals surface area contributed by atoms with Crippen molar-refractivity contribution in [2.24, 2.45) is 0 Å². The van der Waals surface area contributed by atoms with Gasteiger partial charge in [-0.3, -0.25) is 0 Å². The van der Waals surface area contributed by atoms with Crippen LogP contribution < -0.4 is 20.4 Å². The zero-order valence-electron chi connectivity index (χ0n) is 16.1. The van der Waals surface area contributed by atoms with Gasteiger partial charge in [0, 0.05) is 12.2 Å². The van der Waals surface area contributed by atoms with Crippen LogP contribution >= 0.6 is 0 Å². The monoisotopic (exact) mass is 396 g/mol. The molecule has 144 valence electrons. The van der Waals surface area contributed by atoms with E-state index in [1.54, 1.807) is 27.7 Å². The van der Waals surface area contributed by atoms with E-state index in [2.05, 4.69) is 9.47 Å². The molecule has 9 heteroatoms. The van der Waals surface area contributed by atoms with E-state index in [1.807, 2.05) is 0 Å². The second-order valence-electron chi connectivity index (χ2n) is 4.65. The molecule has 0 amide bonds. The number of esters is 2. The summed E-state index contributed by atoms with van der Waals surface area (Å²) in [5.41, 5.74) is 0. The van der Waals surface area contributed by atoms with Crippen molar-refractivity contribution in [1.29, 1.82) is 0 Å². The molecule has 0 spiro atoms. The number of carbonyl (C=O) groups is 2. The van der Waals surface area contributed by atoms with E-state index >= 15 is 0 Å². The molecule has 0 rings (SSSR count). The molecule has 0 aliphatic carbocycles. The third-order valence-corrected chi connectivity index (χ3v) is 1.04. The van der Waals surface area contributed by atoms with E-state index < -0.39 is 24.1 Å². The fourth-order valence-corrected chi connectivity index (χ4v) is 0.450. The molecule has 8 nitrogen and oxygen atoms in total. The van der Waals surface area contributed by atoms with Gasteiger partial charge in [-0.05, 0) is 0 Å². The van der Waals surface area contributed by atoms with Gasteiger partial charge in [-0.2, -0.15) is 0 Å². The summed E-state index contributed by atoms with van der Waals surface area (Å²) in [5, 5.41) is 39.2. The first kappa shape index (κ1) is 34.9. The van der Waals surface area contributed by atoms with Crippen LogP contribution in [0.1, 0.15) is 41.5 Å². The Labute approximate surface area is 165 Å². The van der Waals surface area contributed by atoms with Crippen LogP contribution in [0.15, 0.2) is 23.7 Å².